The van der Waals surface area contributed by atoms with Crippen LogP contribution in [-0.4, -0.2) is 87.1 Å². The molecule has 1 aliphatic heterocycles. The van der Waals surface area contributed by atoms with Gasteiger partial charge in [0.05, 0.1) is 6.61 Å². The number of carboxylic acids is 1. The van der Waals surface area contributed by atoms with Crippen LogP contribution in [0.4, 0.5) is 0 Å². The molecule has 0 radical (unpaired) electrons. The second-order valence-corrected chi connectivity index (χ2v) is 8.31. The van der Waals surface area contributed by atoms with E-state index in [4.69, 9.17) is 16.6 Å². The van der Waals surface area contributed by atoms with Gasteiger partial charge in [0, 0.05) is 19.4 Å². The molecule has 1 heterocycles. The minimum absolute atomic E-state index is 0.00296. The van der Waals surface area contributed by atoms with Crippen molar-refractivity contribution in [2.75, 3.05) is 13.2 Å². The normalized spacial score (nSPS) is 17.8. The minimum Gasteiger partial charge on any atom is -0.508 e. The summed E-state index contributed by atoms with van der Waals surface area (Å²) in [5.41, 5.74) is 11.3. The first kappa shape index (κ1) is 27.5. The number of benzene rings is 1. The van der Waals surface area contributed by atoms with Crippen LogP contribution in [0.2, 0.25) is 0 Å². The molecule has 0 aromatic heterocycles. The number of aliphatic hydroxyl groups is 1. The van der Waals surface area contributed by atoms with E-state index < -0.39 is 60.4 Å². The van der Waals surface area contributed by atoms with Crippen molar-refractivity contribution in [2.24, 2.45) is 11.5 Å². The molecule has 4 unspecified atom stereocenters. The third-order valence-electron chi connectivity index (χ3n) is 5.66. The van der Waals surface area contributed by atoms with Gasteiger partial charge in [0.1, 0.15) is 29.9 Å². The summed E-state index contributed by atoms with van der Waals surface area (Å²) in [4.78, 5) is 62.6. The van der Waals surface area contributed by atoms with Crippen LogP contribution < -0.4 is 22.1 Å². The van der Waals surface area contributed by atoms with Crippen molar-refractivity contribution >= 4 is 29.6 Å². The number of amides is 4. The second kappa shape index (κ2) is 12.7. The van der Waals surface area contributed by atoms with Crippen LogP contribution in [0.25, 0.3) is 0 Å². The average molecular weight is 494 g/mol. The van der Waals surface area contributed by atoms with Gasteiger partial charge in [-0.1, -0.05) is 12.1 Å². The van der Waals surface area contributed by atoms with Gasteiger partial charge in [-0.3, -0.25) is 19.2 Å². The molecule has 4 amide bonds. The Balaban J connectivity index is 2.25. The molecule has 1 aliphatic rings. The molecule has 1 saturated heterocycles. The van der Waals surface area contributed by atoms with Crippen LogP contribution in [0.15, 0.2) is 24.3 Å². The van der Waals surface area contributed by atoms with E-state index in [1.807, 2.05) is 0 Å². The summed E-state index contributed by atoms with van der Waals surface area (Å²) in [6.07, 6.45) is 0.271. The maximum absolute atomic E-state index is 13.2. The Morgan fingerprint density at radius 2 is 1.69 bits per heavy atom. The predicted octanol–water partition coefficient (Wildman–Crippen LogP) is -2.43. The molecule has 0 spiro atoms. The number of nitrogens with zero attached hydrogens (tertiary/aromatic N) is 1. The number of hydrogen-bond donors (Lipinski definition) is 7. The number of carboxylic acid groups (broad SMARTS) is 1. The summed E-state index contributed by atoms with van der Waals surface area (Å²) < 4.78 is 0. The SMILES string of the molecule is NC(=O)CCC(NC(=O)C(Cc1ccc(O)cc1)NC(=O)C(N)CO)C(=O)N1CCCC1C(=O)O. The van der Waals surface area contributed by atoms with E-state index in [9.17, 15) is 34.2 Å². The number of aliphatic carboxylic acids is 1. The van der Waals surface area contributed by atoms with E-state index in [1.165, 1.54) is 24.3 Å². The molecular formula is C22H31N5O8. The number of nitrogens with one attached hydrogen (secondary N) is 2. The molecule has 13 nitrogen and oxygen atoms in total. The predicted molar refractivity (Wildman–Crippen MR) is 122 cm³/mol. The molecule has 192 valence electrons. The zero-order valence-corrected chi connectivity index (χ0v) is 19.1. The van der Waals surface area contributed by atoms with Gasteiger partial charge >= 0.3 is 5.97 Å². The number of aromatic hydroxyl groups is 1. The van der Waals surface area contributed by atoms with Crippen molar-refractivity contribution in [3.05, 3.63) is 29.8 Å². The lowest BCUT2D eigenvalue weighted by molar-refractivity contribution is -0.149. The zero-order valence-electron chi connectivity index (χ0n) is 19.1. The molecule has 13 heteroatoms. The highest BCUT2D eigenvalue weighted by atomic mass is 16.4. The largest absolute Gasteiger partial charge is 0.508 e. The van der Waals surface area contributed by atoms with Crippen LogP contribution in [0.1, 0.15) is 31.2 Å². The fourth-order valence-electron chi connectivity index (χ4n) is 3.74. The van der Waals surface area contributed by atoms with E-state index in [0.29, 0.717) is 12.0 Å². The molecule has 2 rings (SSSR count). The number of aliphatic hydroxyl groups excluding tert-OH is 1. The van der Waals surface area contributed by atoms with Crippen LogP contribution in [0.5, 0.6) is 5.75 Å². The van der Waals surface area contributed by atoms with E-state index in [0.717, 1.165) is 4.90 Å². The minimum atomic E-state index is -1.29. The summed E-state index contributed by atoms with van der Waals surface area (Å²) in [5, 5.41) is 33.0. The number of nitrogens with two attached hydrogens (primary N) is 2. The highest BCUT2D eigenvalue weighted by Gasteiger charge is 2.38. The number of rotatable bonds is 12. The molecule has 9 N–H and O–H groups in total. The lowest BCUT2D eigenvalue weighted by Crippen LogP contribution is -2.58. The molecule has 1 fully saturated rings. The Morgan fingerprint density at radius 3 is 2.26 bits per heavy atom. The van der Waals surface area contributed by atoms with Crippen LogP contribution in [0.3, 0.4) is 0 Å². The Bertz CT molecular complexity index is 938. The fraction of sp³-hybridized carbons (Fsp3) is 0.500. The number of hydrogen-bond acceptors (Lipinski definition) is 8. The first-order chi connectivity index (χ1) is 16.5. The van der Waals surface area contributed by atoms with Crippen molar-refractivity contribution in [2.45, 2.75) is 56.3 Å². The van der Waals surface area contributed by atoms with Crippen molar-refractivity contribution < 1.29 is 39.3 Å². The standard InChI is InChI=1S/C22H31N5O8/c23-14(11-28)19(31)26-16(10-12-3-5-13(29)6-4-12)20(32)25-15(7-8-18(24)30)21(33)27-9-1-2-17(27)22(34)35/h3-6,14-17,28-29H,1-2,7-11,23H2,(H2,24,30)(H,25,32)(H,26,31)(H,34,35). The Labute approximate surface area is 201 Å². The average Bonchev–Trinajstić information content (AvgIpc) is 3.31. The van der Waals surface area contributed by atoms with Crippen LogP contribution in [-0.2, 0) is 30.4 Å². The van der Waals surface area contributed by atoms with E-state index >= 15 is 0 Å². The van der Waals surface area contributed by atoms with Gasteiger partial charge in [0.15, 0.2) is 0 Å². The number of likely N-dealkylation sites (tertiary alicyclic amines) is 1. The molecular weight excluding hydrogens is 462 g/mol. The van der Waals surface area contributed by atoms with Crippen LogP contribution >= 0.6 is 0 Å². The number of carbonyl (C=O) groups excluding carboxylic acids is 4. The third-order valence-corrected chi connectivity index (χ3v) is 5.66. The van der Waals surface area contributed by atoms with Gasteiger partial charge in [-0.25, -0.2) is 4.79 Å². The van der Waals surface area contributed by atoms with Gasteiger partial charge in [-0.2, -0.15) is 0 Å². The fourth-order valence-corrected chi connectivity index (χ4v) is 3.74. The van der Waals surface area contributed by atoms with Crippen LogP contribution in [0, 0.1) is 0 Å². The van der Waals surface area contributed by atoms with Gasteiger partial charge < -0.3 is 42.3 Å². The smallest absolute Gasteiger partial charge is 0.326 e. The Hall–Kier alpha value is -3.71. The highest BCUT2D eigenvalue weighted by molar-refractivity contribution is 5.94. The number of phenolic OH excluding ortho intramolecular Hbond substituents is 1. The lowest BCUT2D eigenvalue weighted by Gasteiger charge is -2.29. The summed E-state index contributed by atoms with van der Waals surface area (Å²) in [6.45, 7) is -0.484. The van der Waals surface area contributed by atoms with Gasteiger partial charge in [-0.05, 0) is 37.0 Å². The molecule has 35 heavy (non-hydrogen) atoms. The highest BCUT2D eigenvalue weighted by Crippen LogP contribution is 2.20. The number of carbonyl (C=O) groups is 5. The lowest BCUT2D eigenvalue weighted by atomic mass is 10.0. The second-order valence-electron chi connectivity index (χ2n) is 8.31. The molecule has 0 aliphatic carbocycles. The molecule has 4 atom stereocenters. The maximum Gasteiger partial charge on any atom is 0.326 e. The topological polar surface area (TPSA) is 225 Å². The first-order valence-electron chi connectivity index (χ1n) is 11.1. The van der Waals surface area contributed by atoms with Crippen molar-refractivity contribution in [1.82, 2.24) is 15.5 Å². The monoisotopic (exact) mass is 493 g/mol. The van der Waals surface area contributed by atoms with Gasteiger partial charge in [-0.15, -0.1) is 0 Å². The summed E-state index contributed by atoms with van der Waals surface area (Å²) >= 11 is 0. The summed E-state index contributed by atoms with van der Waals surface area (Å²) in [5.74, 6) is -4.16. The van der Waals surface area contributed by atoms with Crippen molar-refractivity contribution in [3.8, 4) is 5.75 Å². The summed E-state index contributed by atoms with van der Waals surface area (Å²) in [6, 6.07) is 1.01. The number of phenols is 1. The maximum atomic E-state index is 13.2. The Kier molecular flexibility index (Phi) is 9.97. The van der Waals surface area contributed by atoms with E-state index in [-0.39, 0.29) is 38.0 Å². The molecule has 1 aromatic carbocycles. The first-order valence-corrected chi connectivity index (χ1v) is 11.1. The zero-order chi connectivity index (χ0) is 26.1. The molecule has 1 aromatic rings. The quantitative estimate of drug-likeness (QED) is 0.164. The molecule has 0 saturated carbocycles. The third kappa shape index (κ3) is 7.93. The molecule has 0 bridgehead atoms. The number of primary amides is 1. The van der Waals surface area contributed by atoms with Crippen molar-refractivity contribution in [1.29, 1.82) is 0 Å². The van der Waals surface area contributed by atoms with Crippen molar-refractivity contribution in [3.63, 3.8) is 0 Å². The van der Waals surface area contributed by atoms with Gasteiger partial charge in [0.25, 0.3) is 0 Å². The van der Waals surface area contributed by atoms with E-state index in [1.54, 1.807) is 0 Å². The summed E-state index contributed by atoms with van der Waals surface area (Å²) in [7, 11) is 0. The van der Waals surface area contributed by atoms with Gasteiger partial charge in [0.2, 0.25) is 23.6 Å². The Morgan fingerprint density at radius 1 is 1.06 bits per heavy atom. The van der Waals surface area contributed by atoms with E-state index in [2.05, 4.69) is 10.6 Å².